The number of piperidine rings is 1. The predicted octanol–water partition coefficient (Wildman–Crippen LogP) is 1.22. The molecule has 0 bridgehead atoms. The molecule has 21 heavy (non-hydrogen) atoms. The molecule has 0 aromatic carbocycles. The van der Waals surface area contributed by atoms with Crippen LogP contribution in [0.25, 0.3) is 0 Å². The highest BCUT2D eigenvalue weighted by Gasteiger charge is 2.20. The number of carboxylic acid groups (broad SMARTS) is 1. The summed E-state index contributed by atoms with van der Waals surface area (Å²) in [6.45, 7) is 2.84. The van der Waals surface area contributed by atoms with E-state index in [2.05, 4.69) is 22.6 Å². The van der Waals surface area contributed by atoms with Gasteiger partial charge in [-0.15, -0.1) is 0 Å². The summed E-state index contributed by atoms with van der Waals surface area (Å²) in [7, 11) is 2.13. The summed E-state index contributed by atoms with van der Waals surface area (Å²) in [6, 6.07) is -1.18. The van der Waals surface area contributed by atoms with E-state index < -0.39 is 12.0 Å². The van der Waals surface area contributed by atoms with Gasteiger partial charge in [0.1, 0.15) is 6.04 Å². The van der Waals surface area contributed by atoms with Gasteiger partial charge in [0.2, 0.25) is 0 Å². The normalized spacial score (nSPS) is 18.2. The van der Waals surface area contributed by atoms with Gasteiger partial charge in [0.15, 0.2) is 0 Å². The highest BCUT2D eigenvalue weighted by Crippen LogP contribution is 2.18. The lowest BCUT2D eigenvalue weighted by Gasteiger charge is -2.28. The fraction of sp³-hybridized carbons (Fsp3) is 0.857. The van der Waals surface area contributed by atoms with Crippen LogP contribution in [0.4, 0.5) is 4.79 Å². The van der Waals surface area contributed by atoms with Gasteiger partial charge in [-0.2, -0.15) is 11.8 Å². The lowest BCUT2D eigenvalue weighted by atomic mass is 9.94. The summed E-state index contributed by atoms with van der Waals surface area (Å²) in [5, 5.41) is 14.3. The second-order valence-corrected chi connectivity index (χ2v) is 6.59. The van der Waals surface area contributed by atoms with E-state index in [-0.39, 0.29) is 6.03 Å². The molecule has 0 aromatic heterocycles. The third kappa shape index (κ3) is 7.57. The molecule has 0 radical (unpaired) electrons. The average Bonchev–Trinajstić information content (AvgIpc) is 2.45. The number of nitrogens with one attached hydrogen (secondary N) is 2. The number of nitrogens with zero attached hydrogens (tertiary/aromatic N) is 1. The van der Waals surface area contributed by atoms with Crippen LogP contribution in [-0.4, -0.2) is 66.7 Å². The van der Waals surface area contributed by atoms with Gasteiger partial charge in [-0.1, -0.05) is 0 Å². The van der Waals surface area contributed by atoms with Crippen LogP contribution in [0.1, 0.15) is 25.7 Å². The van der Waals surface area contributed by atoms with Crippen LogP contribution in [-0.2, 0) is 4.79 Å². The molecular formula is C14H27N3O3S. The molecule has 1 aliphatic rings. The Balaban J connectivity index is 2.18. The smallest absolute Gasteiger partial charge is 0.326 e. The molecule has 1 heterocycles. The number of urea groups is 1. The second kappa shape index (κ2) is 9.89. The Morgan fingerprint density at radius 1 is 1.38 bits per heavy atom. The number of likely N-dealkylation sites (tertiary alicyclic amines) is 1. The number of carbonyl (C=O) groups excluding carboxylic acids is 1. The number of carbonyl (C=O) groups is 2. The molecule has 0 aromatic rings. The first-order valence-corrected chi connectivity index (χ1v) is 8.87. The van der Waals surface area contributed by atoms with Crippen LogP contribution in [0.15, 0.2) is 0 Å². The predicted molar refractivity (Wildman–Crippen MR) is 85.8 cm³/mol. The number of hydrogen-bond donors (Lipinski definition) is 3. The standard InChI is InChI=1S/C14H27N3O3S/c1-17-8-4-11(5-9-17)3-7-15-14(20)16-12(13(18)19)6-10-21-2/h11-12H,3-10H2,1-2H3,(H,18,19)(H2,15,16,20)/t12-/m1/s1. The van der Waals surface area contributed by atoms with Crippen molar-refractivity contribution in [3.8, 4) is 0 Å². The topological polar surface area (TPSA) is 81.7 Å². The van der Waals surface area contributed by atoms with Gasteiger partial charge in [0, 0.05) is 6.54 Å². The summed E-state index contributed by atoms with van der Waals surface area (Å²) in [5.74, 6) is 0.398. The molecule has 0 saturated carbocycles. The van der Waals surface area contributed by atoms with E-state index in [4.69, 9.17) is 5.11 Å². The molecule has 6 nitrogen and oxygen atoms in total. The van der Waals surface area contributed by atoms with Crippen LogP contribution < -0.4 is 10.6 Å². The Labute approximate surface area is 131 Å². The number of thioether (sulfide) groups is 1. The first kappa shape index (κ1) is 18.1. The van der Waals surface area contributed by atoms with Gasteiger partial charge in [-0.25, -0.2) is 9.59 Å². The minimum absolute atomic E-state index is 0.378. The Bertz CT molecular complexity index is 333. The van der Waals surface area contributed by atoms with Crippen LogP contribution >= 0.6 is 11.8 Å². The van der Waals surface area contributed by atoms with Crippen molar-refractivity contribution in [1.82, 2.24) is 15.5 Å². The zero-order chi connectivity index (χ0) is 15.7. The lowest BCUT2D eigenvalue weighted by molar-refractivity contribution is -0.139. The monoisotopic (exact) mass is 317 g/mol. The van der Waals surface area contributed by atoms with Crippen molar-refractivity contribution in [1.29, 1.82) is 0 Å². The fourth-order valence-electron chi connectivity index (χ4n) is 2.44. The van der Waals surface area contributed by atoms with Crippen molar-refractivity contribution in [3.63, 3.8) is 0 Å². The van der Waals surface area contributed by atoms with Gasteiger partial charge in [0.05, 0.1) is 0 Å². The van der Waals surface area contributed by atoms with E-state index in [0.29, 0.717) is 24.6 Å². The number of hydrogen-bond acceptors (Lipinski definition) is 4. The summed E-state index contributed by atoms with van der Waals surface area (Å²) in [6.07, 6.45) is 5.67. The minimum Gasteiger partial charge on any atom is -0.480 e. The molecule has 1 fully saturated rings. The van der Waals surface area contributed by atoms with Crippen LogP contribution in [0, 0.1) is 5.92 Å². The number of amides is 2. The van der Waals surface area contributed by atoms with E-state index in [1.54, 1.807) is 11.8 Å². The van der Waals surface area contributed by atoms with Crippen molar-refractivity contribution >= 4 is 23.8 Å². The number of aliphatic carboxylic acids is 1. The van der Waals surface area contributed by atoms with E-state index in [9.17, 15) is 9.59 Å². The number of rotatable bonds is 8. The third-order valence-corrected chi connectivity index (χ3v) is 4.53. The summed E-state index contributed by atoms with van der Waals surface area (Å²) < 4.78 is 0. The summed E-state index contributed by atoms with van der Waals surface area (Å²) in [5.41, 5.74) is 0. The molecule has 122 valence electrons. The summed E-state index contributed by atoms with van der Waals surface area (Å²) >= 11 is 1.57. The zero-order valence-corrected chi connectivity index (χ0v) is 13.7. The molecule has 3 N–H and O–H groups in total. The van der Waals surface area contributed by atoms with Crippen molar-refractivity contribution in [2.45, 2.75) is 31.7 Å². The maximum atomic E-state index is 11.7. The van der Waals surface area contributed by atoms with Gasteiger partial charge in [-0.3, -0.25) is 0 Å². The van der Waals surface area contributed by atoms with E-state index in [1.165, 1.54) is 12.8 Å². The first-order valence-electron chi connectivity index (χ1n) is 7.47. The van der Waals surface area contributed by atoms with Crippen molar-refractivity contribution in [2.75, 3.05) is 38.7 Å². The molecule has 1 rings (SSSR count). The van der Waals surface area contributed by atoms with Crippen LogP contribution in [0.5, 0.6) is 0 Å². The van der Waals surface area contributed by atoms with Gasteiger partial charge in [-0.05, 0) is 63.7 Å². The third-order valence-electron chi connectivity index (χ3n) is 3.89. The van der Waals surface area contributed by atoms with E-state index in [1.807, 2.05) is 6.26 Å². The molecule has 1 aliphatic heterocycles. The minimum atomic E-state index is -0.977. The van der Waals surface area contributed by atoms with E-state index >= 15 is 0 Å². The molecule has 0 unspecified atom stereocenters. The lowest BCUT2D eigenvalue weighted by Crippen LogP contribution is -2.46. The molecule has 2 amide bonds. The Hall–Kier alpha value is -0.950. The molecule has 7 heteroatoms. The quantitative estimate of drug-likeness (QED) is 0.627. The Morgan fingerprint density at radius 2 is 2.05 bits per heavy atom. The Morgan fingerprint density at radius 3 is 2.62 bits per heavy atom. The highest BCUT2D eigenvalue weighted by atomic mass is 32.2. The largest absolute Gasteiger partial charge is 0.480 e. The molecule has 1 saturated heterocycles. The molecule has 0 aliphatic carbocycles. The molecule has 1 atom stereocenters. The second-order valence-electron chi connectivity index (χ2n) is 5.61. The molecule has 0 spiro atoms. The van der Waals surface area contributed by atoms with Gasteiger partial charge < -0.3 is 20.6 Å². The van der Waals surface area contributed by atoms with Gasteiger partial charge in [0.25, 0.3) is 0 Å². The fourth-order valence-corrected chi connectivity index (χ4v) is 2.91. The SMILES string of the molecule is CSCC[C@@H](NC(=O)NCCC1CCN(C)CC1)C(=O)O. The highest BCUT2D eigenvalue weighted by molar-refractivity contribution is 7.98. The average molecular weight is 317 g/mol. The van der Waals surface area contributed by atoms with Crippen LogP contribution in [0.3, 0.4) is 0 Å². The van der Waals surface area contributed by atoms with E-state index in [0.717, 1.165) is 19.5 Å². The van der Waals surface area contributed by atoms with Crippen LogP contribution in [0.2, 0.25) is 0 Å². The van der Waals surface area contributed by atoms with Crippen molar-refractivity contribution in [2.24, 2.45) is 5.92 Å². The van der Waals surface area contributed by atoms with Crippen molar-refractivity contribution < 1.29 is 14.7 Å². The van der Waals surface area contributed by atoms with Crippen molar-refractivity contribution in [3.05, 3.63) is 0 Å². The maximum Gasteiger partial charge on any atom is 0.326 e. The van der Waals surface area contributed by atoms with Gasteiger partial charge >= 0.3 is 12.0 Å². The first-order chi connectivity index (χ1) is 10.0. The molecular weight excluding hydrogens is 290 g/mol. The maximum absolute atomic E-state index is 11.7. The number of carboxylic acids is 1. The summed E-state index contributed by atoms with van der Waals surface area (Å²) in [4.78, 5) is 25.1. The zero-order valence-electron chi connectivity index (χ0n) is 12.9. The Kier molecular flexibility index (Phi) is 8.52.